The molecule has 0 spiro atoms. The second-order valence-corrected chi connectivity index (χ2v) is 6.38. The smallest absolute Gasteiger partial charge is 0.0695 e. The maximum Gasteiger partial charge on any atom is 0.0695 e. The molecule has 0 bridgehead atoms. The van der Waals surface area contributed by atoms with Gasteiger partial charge in [0.2, 0.25) is 0 Å². The highest BCUT2D eigenvalue weighted by molar-refractivity contribution is 4.77. The molecule has 0 amide bonds. The Morgan fingerprint density at radius 1 is 1.12 bits per heavy atom. The second kappa shape index (κ2) is 7.38. The van der Waals surface area contributed by atoms with E-state index in [-0.39, 0.29) is 6.10 Å². The Morgan fingerprint density at radius 3 is 2.24 bits per heavy atom. The minimum absolute atomic E-state index is 0.116. The zero-order valence-electron chi connectivity index (χ0n) is 12.2. The maximum atomic E-state index is 10.3. The molecule has 0 radical (unpaired) electrons. The highest BCUT2D eigenvalue weighted by Gasteiger charge is 2.24. The van der Waals surface area contributed by atoms with Crippen molar-refractivity contribution in [3.05, 3.63) is 0 Å². The van der Waals surface area contributed by atoms with Crippen molar-refractivity contribution in [2.24, 2.45) is 11.8 Å². The van der Waals surface area contributed by atoms with Crippen LogP contribution in [0.15, 0.2) is 0 Å². The molecule has 102 valence electrons. The van der Waals surface area contributed by atoms with Crippen molar-refractivity contribution < 1.29 is 5.11 Å². The molecule has 0 aliphatic heterocycles. The van der Waals surface area contributed by atoms with Crippen LogP contribution in [0.1, 0.15) is 59.3 Å². The molecule has 1 aliphatic carbocycles. The molecule has 1 saturated carbocycles. The molecule has 0 saturated heterocycles. The fourth-order valence-corrected chi connectivity index (χ4v) is 3.01. The minimum Gasteiger partial charge on any atom is -0.392 e. The summed E-state index contributed by atoms with van der Waals surface area (Å²) in [6, 6.07) is 0.577. The van der Waals surface area contributed by atoms with Crippen molar-refractivity contribution >= 4 is 0 Å². The van der Waals surface area contributed by atoms with E-state index in [1.54, 1.807) is 0 Å². The SMILES string of the molecule is CC(C)CC(C)N(C)CC(O)C1CCCCC1. The molecule has 2 nitrogen and oxygen atoms in total. The van der Waals surface area contributed by atoms with Gasteiger partial charge in [0.25, 0.3) is 0 Å². The van der Waals surface area contributed by atoms with Crippen molar-refractivity contribution in [3.63, 3.8) is 0 Å². The predicted octanol–water partition coefficient (Wildman–Crippen LogP) is 3.29. The lowest BCUT2D eigenvalue weighted by Crippen LogP contribution is -2.40. The molecule has 1 aliphatic rings. The van der Waals surface area contributed by atoms with E-state index in [2.05, 4.69) is 32.7 Å². The maximum absolute atomic E-state index is 10.3. The third kappa shape index (κ3) is 5.39. The van der Waals surface area contributed by atoms with E-state index in [1.807, 2.05) is 0 Å². The summed E-state index contributed by atoms with van der Waals surface area (Å²) in [5, 5.41) is 10.3. The molecule has 2 atom stereocenters. The van der Waals surface area contributed by atoms with E-state index in [9.17, 15) is 5.11 Å². The van der Waals surface area contributed by atoms with E-state index in [0.29, 0.717) is 12.0 Å². The van der Waals surface area contributed by atoms with Gasteiger partial charge in [-0.05, 0) is 45.1 Å². The quantitative estimate of drug-likeness (QED) is 0.771. The molecule has 0 aromatic carbocycles. The van der Waals surface area contributed by atoms with Gasteiger partial charge in [0.15, 0.2) is 0 Å². The summed E-state index contributed by atoms with van der Waals surface area (Å²) >= 11 is 0. The first kappa shape index (κ1) is 15.0. The topological polar surface area (TPSA) is 23.5 Å². The third-order valence-corrected chi connectivity index (χ3v) is 4.23. The van der Waals surface area contributed by atoms with Gasteiger partial charge in [-0.1, -0.05) is 33.1 Å². The van der Waals surface area contributed by atoms with Crippen LogP contribution in [0.3, 0.4) is 0 Å². The van der Waals surface area contributed by atoms with E-state index in [1.165, 1.54) is 38.5 Å². The summed E-state index contributed by atoms with van der Waals surface area (Å²) in [5.41, 5.74) is 0. The monoisotopic (exact) mass is 241 g/mol. The molecule has 2 unspecified atom stereocenters. The largest absolute Gasteiger partial charge is 0.392 e. The fourth-order valence-electron chi connectivity index (χ4n) is 3.01. The van der Waals surface area contributed by atoms with Gasteiger partial charge < -0.3 is 10.0 Å². The van der Waals surface area contributed by atoms with Crippen molar-refractivity contribution in [1.82, 2.24) is 4.90 Å². The Kier molecular flexibility index (Phi) is 6.50. The molecule has 0 heterocycles. The lowest BCUT2D eigenvalue weighted by atomic mass is 9.85. The number of aliphatic hydroxyl groups is 1. The number of nitrogens with zero attached hydrogens (tertiary/aromatic N) is 1. The Labute approximate surface area is 107 Å². The van der Waals surface area contributed by atoms with Crippen LogP contribution in [-0.2, 0) is 0 Å². The van der Waals surface area contributed by atoms with Crippen molar-refractivity contribution in [1.29, 1.82) is 0 Å². The first-order valence-electron chi connectivity index (χ1n) is 7.39. The zero-order chi connectivity index (χ0) is 12.8. The highest BCUT2D eigenvalue weighted by atomic mass is 16.3. The Bertz CT molecular complexity index is 199. The Hall–Kier alpha value is -0.0800. The molecular weight excluding hydrogens is 210 g/mol. The highest BCUT2D eigenvalue weighted by Crippen LogP contribution is 2.27. The van der Waals surface area contributed by atoms with Crippen LogP contribution < -0.4 is 0 Å². The number of hydrogen-bond acceptors (Lipinski definition) is 2. The second-order valence-electron chi connectivity index (χ2n) is 6.38. The van der Waals surface area contributed by atoms with E-state index in [4.69, 9.17) is 0 Å². The Balaban J connectivity index is 2.30. The summed E-state index contributed by atoms with van der Waals surface area (Å²) in [4.78, 5) is 2.33. The van der Waals surface area contributed by atoms with Crippen LogP contribution in [0, 0.1) is 11.8 Å². The van der Waals surface area contributed by atoms with Gasteiger partial charge in [0, 0.05) is 12.6 Å². The standard InChI is InChI=1S/C15H31NO/c1-12(2)10-13(3)16(4)11-15(17)14-8-6-5-7-9-14/h12-15,17H,5-11H2,1-4H3. The van der Waals surface area contributed by atoms with Gasteiger partial charge in [0.05, 0.1) is 6.10 Å². The first-order chi connectivity index (χ1) is 8.00. The summed E-state index contributed by atoms with van der Waals surface area (Å²) in [7, 11) is 2.15. The van der Waals surface area contributed by atoms with Crippen LogP contribution in [0.2, 0.25) is 0 Å². The summed E-state index contributed by atoms with van der Waals surface area (Å²) in [6.45, 7) is 7.65. The van der Waals surface area contributed by atoms with Gasteiger partial charge in [0.1, 0.15) is 0 Å². The molecule has 0 aromatic rings. The molecule has 2 heteroatoms. The molecule has 0 aromatic heterocycles. The summed E-state index contributed by atoms with van der Waals surface area (Å²) in [6.07, 6.45) is 7.55. The van der Waals surface area contributed by atoms with E-state index in [0.717, 1.165) is 12.5 Å². The average molecular weight is 241 g/mol. The number of likely N-dealkylation sites (N-methyl/N-ethyl adjacent to an activating group) is 1. The molecule has 1 fully saturated rings. The van der Waals surface area contributed by atoms with E-state index < -0.39 is 0 Å². The minimum atomic E-state index is -0.116. The molecule has 17 heavy (non-hydrogen) atoms. The normalized spacial score (nSPS) is 22.1. The van der Waals surface area contributed by atoms with Crippen molar-refractivity contribution in [2.75, 3.05) is 13.6 Å². The van der Waals surface area contributed by atoms with E-state index >= 15 is 0 Å². The van der Waals surface area contributed by atoms with Gasteiger partial charge in [-0.3, -0.25) is 0 Å². The number of rotatable bonds is 6. The lowest BCUT2D eigenvalue weighted by Gasteiger charge is -2.33. The number of aliphatic hydroxyl groups excluding tert-OH is 1. The third-order valence-electron chi connectivity index (χ3n) is 4.23. The van der Waals surface area contributed by atoms with Gasteiger partial charge in [-0.2, -0.15) is 0 Å². The van der Waals surface area contributed by atoms with Crippen LogP contribution >= 0.6 is 0 Å². The van der Waals surface area contributed by atoms with Crippen molar-refractivity contribution in [2.45, 2.75) is 71.4 Å². The number of hydrogen-bond donors (Lipinski definition) is 1. The summed E-state index contributed by atoms with van der Waals surface area (Å²) in [5.74, 6) is 1.29. The van der Waals surface area contributed by atoms with Crippen LogP contribution in [0.25, 0.3) is 0 Å². The van der Waals surface area contributed by atoms with Gasteiger partial charge in [-0.15, -0.1) is 0 Å². The van der Waals surface area contributed by atoms with Crippen molar-refractivity contribution in [3.8, 4) is 0 Å². The first-order valence-corrected chi connectivity index (χ1v) is 7.39. The molecule has 1 rings (SSSR count). The zero-order valence-corrected chi connectivity index (χ0v) is 12.2. The predicted molar refractivity (Wildman–Crippen MR) is 74.1 cm³/mol. The van der Waals surface area contributed by atoms with Gasteiger partial charge in [-0.25, -0.2) is 0 Å². The molecule has 1 N–H and O–H groups in total. The Morgan fingerprint density at radius 2 is 1.71 bits per heavy atom. The van der Waals surface area contributed by atoms with Crippen LogP contribution in [-0.4, -0.2) is 35.7 Å². The summed E-state index contributed by atoms with van der Waals surface area (Å²) < 4.78 is 0. The van der Waals surface area contributed by atoms with Crippen LogP contribution in [0.4, 0.5) is 0 Å². The average Bonchev–Trinajstić information content (AvgIpc) is 2.29. The fraction of sp³-hybridized carbons (Fsp3) is 1.00. The lowest BCUT2D eigenvalue weighted by molar-refractivity contribution is 0.0425. The molecular formula is C15H31NO. The van der Waals surface area contributed by atoms with Crippen LogP contribution in [0.5, 0.6) is 0 Å². The van der Waals surface area contributed by atoms with Gasteiger partial charge >= 0.3 is 0 Å².